The van der Waals surface area contributed by atoms with Gasteiger partial charge in [0.2, 0.25) is 0 Å². The highest BCUT2D eigenvalue weighted by molar-refractivity contribution is 5.64. The molecule has 0 aliphatic carbocycles. The summed E-state index contributed by atoms with van der Waals surface area (Å²) in [4.78, 5) is 26.1. The number of fused-ring (bicyclic) bond motifs is 1. The van der Waals surface area contributed by atoms with E-state index < -0.39 is 11.1 Å². The first-order valence-electron chi connectivity index (χ1n) is 5.73. The van der Waals surface area contributed by atoms with E-state index in [2.05, 4.69) is 20.3 Å². The molecular formula is C12H9N5O3. The van der Waals surface area contributed by atoms with Gasteiger partial charge in [-0.3, -0.25) is 14.6 Å². The smallest absolute Gasteiger partial charge is 0.297 e. The van der Waals surface area contributed by atoms with Gasteiger partial charge in [0.05, 0.1) is 6.26 Å². The first-order valence-corrected chi connectivity index (χ1v) is 5.73. The van der Waals surface area contributed by atoms with E-state index in [0.29, 0.717) is 5.76 Å². The van der Waals surface area contributed by atoms with E-state index in [9.17, 15) is 9.59 Å². The SMILES string of the molecule is Cc1nnc2[nH]c(=O)c(/C=C\c3ccco3)nn2c1=O. The molecule has 8 heteroatoms. The van der Waals surface area contributed by atoms with Crippen LogP contribution in [0.25, 0.3) is 17.9 Å². The van der Waals surface area contributed by atoms with Crippen molar-refractivity contribution in [3.8, 4) is 0 Å². The molecule has 0 spiro atoms. The molecule has 0 aromatic carbocycles. The lowest BCUT2D eigenvalue weighted by molar-refractivity contribution is 0.557. The van der Waals surface area contributed by atoms with E-state index in [-0.39, 0.29) is 17.2 Å². The lowest BCUT2D eigenvalue weighted by Crippen LogP contribution is -2.27. The molecule has 3 aromatic heterocycles. The highest BCUT2D eigenvalue weighted by Crippen LogP contribution is 2.04. The quantitative estimate of drug-likeness (QED) is 0.715. The summed E-state index contributed by atoms with van der Waals surface area (Å²) < 4.78 is 6.11. The summed E-state index contributed by atoms with van der Waals surface area (Å²) >= 11 is 0. The maximum absolute atomic E-state index is 11.9. The lowest BCUT2D eigenvalue weighted by atomic mass is 10.3. The molecule has 0 unspecified atom stereocenters. The second-order valence-corrected chi connectivity index (χ2v) is 4.01. The van der Waals surface area contributed by atoms with Crippen molar-refractivity contribution < 1.29 is 4.42 Å². The van der Waals surface area contributed by atoms with E-state index in [1.807, 2.05) is 0 Å². The molecule has 0 aliphatic heterocycles. The van der Waals surface area contributed by atoms with Crippen molar-refractivity contribution >= 4 is 17.9 Å². The Morgan fingerprint density at radius 1 is 1.30 bits per heavy atom. The fourth-order valence-corrected chi connectivity index (χ4v) is 1.60. The highest BCUT2D eigenvalue weighted by Gasteiger charge is 2.07. The van der Waals surface area contributed by atoms with E-state index in [1.54, 1.807) is 18.2 Å². The molecule has 0 saturated heterocycles. The van der Waals surface area contributed by atoms with Crippen LogP contribution >= 0.6 is 0 Å². The average Bonchev–Trinajstić information content (AvgIpc) is 2.95. The van der Waals surface area contributed by atoms with Crippen molar-refractivity contribution in [2.24, 2.45) is 0 Å². The summed E-state index contributed by atoms with van der Waals surface area (Å²) in [6, 6.07) is 3.45. The maximum Gasteiger partial charge on any atom is 0.297 e. The Labute approximate surface area is 111 Å². The van der Waals surface area contributed by atoms with Crippen LogP contribution in [0.2, 0.25) is 0 Å². The number of nitrogens with one attached hydrogen (secondary N) is 1. The van der Waals surface area contributed by atoms with E-state index in [0.717, 1.165) is 4.52 Å². The third kappa shape index (κ3) is 2.03. The van der Waals surface area contributed by atoms with Gasteiger partial charge in [0, 0.05) is 0 Å². The number of H-pyrrole nitrogens is 1. The Balaban J connectivity index is 2.17. The fourth-order valence-electron chi connectivity index (χ4n) is 1.60. The monoisotopic (exact) mass is 271 g/mol. The summed E-state index contributed by atoms with van der Waals surface area (Å²) in [6.45, 7) is 1.52. The normalized spacial score (nSPS) is 11.4. The van der Waals surface area contributed by atoms with Crippen LogP contribution in [-0.2, 0) is 0 Å². The largest absolute Gasteiger partial charge is 0.465 e. The molecule has 3 rings (SSSR count). The third-order valence-corrected chi connectivity index (χ3v) is 2.61. The van der Waals surface area contributed by atoms with Gasteiger partial charge in [-0.05, 0) is 31.2 Å². The standard InChI is InChI=1S/C12H9N5O3/c1-7-11(19)17-12(15-14-7)13-10(18)9(16-17)5-4-8-3-2-6-20-8/h2-6H,1H3,(H,13,15,18)/b5-4-. The first kappa shape index (κ1) is 12.0. The summed E-state index contributed by atoms with van der Waals surface area (Å²) in [5.74, 6) is 0.573. The van der Waals surface area contributed by atoms with Gasteiger partial charge in [-0.15, -0.1) is 10.2 Å². The maximum atomic E-state index is 11.9. The molecule has 0 atom stereocenters. The van der Waals surface area contributed by atoms with Crippen molar-refractivity contribution in [2.75, 3.05) is 0 Å². The van der Waals surface area contributed by atoms with Crippen molar-refractivity contribution in [1.82, 2.24) is 24.8 Å². The zero-order chi connectivity index (χ0) is 14.1. The Morgan fingerprint density at radius 3 is 2.90 bits per heavy atom. The number of furan rings is 1. The molecule has 0 bridgehead atoms. The van der Waals surface area contributed by atoms with Crippen molar-refractivity contribution in [2.45, 2.75) is 6.92 Å². The number of aryl methyl sites for hydroxylation is 1. The highest BCUT2D eigenvalue weighted by atomic mass is 16.3. The number of aromatic nitrogens is 5. The number of rotatable bonds is 2. The molecule has 0 amide bonds. The molecule has 3 heterocycles. The van der Waals surface area contributed by atoms with Gasteiger partial charge in [-0.25, -0.2) is 0 Å². The lowest BCUT2D eigenvalue weighted by Gasteiger charge is -1.99. The van der Waals surface area contributed by atoms with Gasteiger partial charge in [-0.1, -0.05) is 0 Å². The first-order chi connectivity index (χ1) is 9.65. The fraction of sp³-hybridized carbons (Fsp3) is 0.0833. The molecule has 8 nitrogen and oxygen atoms in total. The van der Waals surface area contributed by atoms with Gasteiger partial charge in [0.1, 0.15) is 17.1 Å². The number of hydrogen-bond acceptors (Lipinski definition) is 6. The minimum Gasteiger partial charge on any atom is -0.465 e. The second kappa shape index (κ2) is 4.57. The number of nitrogens with zero attached hydrogens (tertiary/aromatic N) is 4. The average molecular weight is 271 g/mol. The Kier molecular flexibility index (Phi) is 2.75. The minimum absolute atomic E-state index is 0.000693. The van der Waals surface area contributed by atoms with Crippen molar-refractivity contribution in [3.63, 3.8) is 0 Å². The zero-order valence-electron chi connectivity index (χ0n) is 10.4. The third-order valence-electron chi connectivity index (χ3n) is 2.61. The molecule has 0 fully saturated rings. The van der Waals surface area contributed by atoms with Crippen LogP contribution in [0.15, 0.2) is 32.4 Å². The Morgan fingerprint density at radius 2 is 2.15 bits per heavy atom. The van der Waals surface area contributed by atoms with Crippen LogP contribution < -0.4 is 11.1 Å². The summed E-state index contributed by atoms with van der Waals surface area (Å²) in [5.41, 5.74) is -0.629. The number of hydrogen-bond donors (Lipinski definition) is 1. The molecule has 1 N–H and O–H groups in total. The summed E-state index contributed by atoms with van der Waals surface area (Å²) in [7, 11) is 0. The molecule has 0 aliphatic rings. The topological polar surface area (TPSA) is 106 Å². The second-order valence-electron chi connectivity index (χ2n) is 4.01. The molecule has 0 radical (unpaired) electrons. The molecular weight excluding hydrogens is 262 g/mol. The number of aromatic amines is 1. The van der Waals surface area contributed by atoms with Crippen LogP contribution in [0.5, 0.6) is 0 Å². The summed E-state index contributed by atoms with van der Waals surface area (Å²) in [6.07, 6.45) is 4.55. The molecule has 20 heavy (non-hydrogen) atoms. The van der Waals surface area contributed by atoms with Gasteiger partial charge >= 0.3 is 0 Å². The zero-order valence-corrected chi connectivity index (χ0v) is 10.4. The minimum atomic E-state index is -0.467. The van der Waals surface area contributed by atoms with Crippen LogP contribution in [0.3, 0.4) is 0 Å². The van der Waals surface area contributed by atoms with Crippen LogP contribution in [0.1, 0.15) is 17.1 Å². The van der Waals surface area contributed by atoms with Gasteiger partial charge in [0.15, 0.2) is 0 Å². The van der Waals surface area contributed by atoms with Gasteiger partial charge in [-0.2, -0.15) is 9.61 Å². The van der Waals surface area contributed by atoms with E-state index in [4.69, 9.17) is 4.42 Å². The van der Waals surface area contributed by atoms with Crippen molar-refractivity contribution in [1.29, 1.82) is 0 Å². The van der Waals surface area contributed by atoms with Crippen LogP contribution in [0, 0.1) is 6.92 Å². The Bertz CT molecular complexity index is 905. The molecule has 3 aromatic rings. The van der Waals surface area contributed by atoms with Crippen LogP contribution in [0.4, 0.5) is 0 Å². The summed E-state index contributed by atoms with van der Waals surface area (Å²) in [5, 5.41) is 11.3. The van der Waals surface area contributed by atoms with E-state index in [1.165, 1.54) is 19.3 Å². The molecule has 100 valence electrons. The Hall–Kier alpha value is -3.03. The van der Waals surface area contributed by atoms with Crippen LogP contribution in [-0.4, -0.2) is 24.8 Å². The van der Waals surface area contributed by atoms with E-state index >= 15 is 0 Å². The molecule has 0 saturated carbocycles. The predicted molar refractivity (Wildman–Crippen MR) is 70.0 cm³/mol. The van der Waals surface area contributed by atoms with Gasteiger partial charge in [0.25, 0.3) is 16.9 Å². The van der Waals surface area contributed by atoms with Gasteiger partial charge < -0.3 is 4.42 Å². The predicted octanol–water partition coefficient (Wildman–Crippen LogP) is 0.245. The van der Waals surface area contributed by atoms with Crippen molar-refractivity contribution in [3.05, 3.63) is 56.3 Å².